The molecular formula is C18H20N6O8. The van der Waals surface area contributed by atoms with Gasteiger partial charge in [0.1, 0.15) is 30.8 Å². The van der Waals surface area contributed by atoms with Crippen LogP contribution in [0, 0.1) is 0 Å². The van der Waals surface area contributed by atoms with E-state index in [4.69, 9.17) is 9.47 Å². The van der Waals surface area contributed by atoms with Crippen LogP contribution in [0.25, 0.3) is 11.0 Å². The van der Waals surface area contributed by atoms with Crippen LogP contribution in [0.1, 0.15) is 16.6 Å². The van der Waals surface area contributed by atoms with Crippen molar-refractivity contribution in [3.05, 3.63) is 40.2 Å². The van der Waals surface area contributed by atoms with Gasteiger partial charge in [0.15, 0.2) is 23.1 Å². The van der Waals surface area contributed by atoms with Crippen molar-refractivity contribution in [1.82, 2.24) is 24.8 Å². The predicted molar refractivity (Wildman–Crippen MR) is 106 cm³/mol. The number of fused-ring (bicyclic) bond motifs is 1. The molecule has 1 aliphatic heterocycles. The molecule has 5 N–H and O–H groups in total. The van der Waals surface area contributed by atoms with E-state index in [2.05, 4.69) is 20.7 Å². The van der Waals surface area contributed by atoms with Crippen LogP contribution in [0.15, 0.2) is 29.1 Å². The molecule has 1 amide bonds. The van der Waals surface area contributed by atoms with E-state index in [1.54, 1.807) is 12.1 Å². The first-order valence-electron chi connectivity index (χ1n) is 9.44. The summed E-state index contributed by atoms with van der Waals surface area (Å²) < 4.78 is 11.9. The Bertz CT molecular complexity index is 1190. The van der Waals surface area contributed by atoms with Gasteiger partial charge in [-0.3, -0.25) is 9.59 Å². The molecule has 0 aliphatic carbocycles. The summed E-state index contributed by atoms with van der Waals surface area (Å²) >= 11 is 0. The number of carbonyl (C=O) groups excluding carboxylic acids is 1. The number of methoxy groups -OCH3 is 1. The van der Waals surface area contributed by atoms with Crippen molar-refractivity contribution in [3.8, 4) is 5.75 Å². The summed E-state index contributed by atoms with van der Waals surface area (Å²) in [5.74, 6) is -0.104. The van der Waals surface area contributed by atoms with Gasteiger partial charge >= 0.3 is 0 Å². The molecule has 0 radical (unpaired) electrons. The lowest BCUT2D eigenvalue weighted by Gasteiger charge is -2.15. The molecule has 0 spiro atoms. The zero-order chi connectivity index (χ0) is 23.0. The standard InChI is InChI=1S/C18H20N6O8/c1-31-9-4-2-8(3-5-9)16(29)19-15-11-12(23(7-26)21-15)17(30)24(22-20-11)18-14(28)13(27)10(6-25)32-18/h2-5,10,13-14,18,25-28H,6-7H2,1H3,(H,19,21,29). The van der Waals surface area contributed by atoms with Crippen LogP contribution in [-0.4, -0.2) is 83.1 Å². The number of hydrogen-bond donors (Lipinski definition) is 5. The molecule has 4 rings (SSSR count). The molecule has 1 saturated heterocycles. The summed E-state index contributed by atoms with van der Waals surface area (Å²) in [6.45, 7) is -1.30. The maximum absolute atomic E-state index is 13.0. The first kappa shape index (κ1) is 21.8. The zero-order valence-corrected chi connectivity index (χ0v) is 16.7. The lowest BCUT2D eigenvalue weighted by atomic mass is 10.1. The van der Waals surface area contributed by atoms with Crippen LogP contribution < -0.4 is 15.6 Å². The van der Waals surface area contributed by atoms with Crippen LogP contribution in [0.2, 0.25) is 0 Å². The number of aliphatic hydroxyl groups excluding tert-OH is 4. The summed E-state index contributed by atoms with van der Waals surface area (Å²) in [5.41, 5.74) is -0.888. The van der Waals surface area contributed by atoms with Gasteiger partial charge in [-0.15, -0.1) is 10.2 Å². The van der Waals surface area contributed by atoms with E-state index < -0.39 is 49.3 Å². The molecular weight excluding hydrogens is 428 g/mol. The number of benzene rings is 1. The van der Waals surface area contributed by atoms with E-state index in [9.17, 15) is 30.0 Å². The number of aromatic nitrogens is 5. The third-order valence-corrected chi connectivity index (χ3v) is 5.06. The van der Waals surface area contributed by atoms with Crippen molar-refractivity contribution >= 4 is 22.8 Å². The van der Waals surface area contributed by atoms with Gasteiger partial charge < -0.3 is 35.2 Å². The highest BCUT2D eigenvalue weighted by Crippen LogP contribution is 2.28. The fourth-order valence-electron chi connectivity index (χ4n) is 3.36. The topological polar surface area (TPSA) is 194 Å². The van der Waals surface area contributed by atoms with Gasteiger partial charge in [-0.05, 0) is 24.3 Å². The Morgan fingerprint density at radius 1 is 1.22 bits per heavy atom. The summed E-state index contributed by atoms with van der Waals surface area (Å²) in [6.07, 6.45) is -5.56. The molecule has 14 heteroatoms. The monoisotopic (exact) mass is 448 g/mol. The van der Waals surface area contributed by atoms with Gasteiger partial charge in [0, 0.05) is 5.56 Å². The second-order valence-electron chi connectivity index (χ2n) is 6.94. The SMILES string of the molecule is COc1ccc(C(=O)Nc2nn(CO)c3c(=O)n(C4OC(CO)C(O)C4O)nnc23)cc1. The highest BCUT2D eigenvalue weighted by Gasteiger charge is 2.44. The van der Waals surface area contributed by atoms with E-state index in [0.29, 0.717) is 10.4 Å². The molecule has 170 valence electrons. The number of ether oxygens (including phenoxy) is 2. The molecule has 1 aromatic carbocycles. The third-order valence-electron chi connectivity index (χ3n) is 5.06. The maximum atomic E-state index is 13.0. The fourth-order valence-corrected chi connectivity index (χ4v) is 3.36. The Morgan fingerprint density at radius 3 is 2.53 bits per heavy atom. The van der Waals surface area contributed by atoms with E-state index in [-0.39, 0.29) is 22.4 Å². The van der Waals surface area contributed by atoms with Crippen molar-refractivity contribution in [2.45, 2.75) is 31.3 Å². The lowest BCUT2D eigenvalue weighted by Crippen LogP contribution is -2.37. The molecule has 1 fully saturated rings. The number of hydrogen-bond acceptors (Lipinski definition) is 11. The summed E-state index contributed by atoms with van der Waals surface area (Å²) in [4.78, 5) is 25.6. The molecule has 3 aromatic rings. The summed E-state index contributed by atoms with van der Waals surface area (Å²) in [7, 11) is 1.49. The second kappa shape index (κ2) is 8.60. The van der Waals surface area contributed by atoms with Crippen LogP contribution in [0.4, 0.5) is 5.82 Å². The number of aliphatic hydroxyl groups is 4. The molecule has 4 unspecified atom stereocenters. The first-order chi connectivity index (χ1) is 15.4. The zero-order valence-electron chi connectivity index (χ0n) is 16.7. The molecule has 14 nitrogen and oxygen atoms in total. The largest absolute Gasteiger partial charge is 0.497 e. The molecule has 2 aromatic heterocycles. The van der Waals surface area contributed by atoms with Gasteiger partial charge in [0.25, 0.3) is 11.5 Å². The van der Waals surface area contributed by atoms with Gasteiger partial charge in [-0.1, -0.05) is 5.21 Å². The number of carbonyl (C=O) groups is 1. The molecule has 32 heavy (non-hydrogen) atoms. The Kier molecular flexibility index (Phi) is 5.86. The Labute approximate surface area is 179 Å². The first-order valence-corrected chi connectivity index (χ1v) is 9.44. The van der Waals surface area contributed by atoms with E-state index >= 15 is 0 Å². The molecule has 0 saturated carbocycles. The molecule has 0 bridgehead atoms. The van der Waals surface area contributed by atoms with Crippen LogP contribution >= 0.6 is 0 Å². The Morgan fingerprint density at radius 2 is 1.94 bits per heavy atom. The van der Waals surface area contributed by atoms with Gasteiger partial charge in [0.2, 0.25) is 0 Å². The average molecular weight is 448 g/mol. The highest BCUT2D eigenvalue weighted by molar-refractivity contribution is 6.07. The number of rotatable bonds is 6. The normalized spacial score (nSPS) is 22.9. The summed E-state index contributed by atoms with van der Waals surface area (Å²) in [5, 5.41) is 53.1. The van der Waals surface area contributed by atoms with E-state index in [0.717, 1.165) is 4.68 Å². The predicted octanol–water partition coefficient (Wildman–Crippen LogP) is -2.19. The van der Waals surface area contributed by atoms with Crippen molar-refractivity contribution < 1.29 is 34.7 Å². The van der Waals surface area contributed by atoms with Crippen molar-refractivity contribution in [2.75, 3.05) is 19.0 Å². The van der Waals surface area contributed by atoms with E-state index in [1.165, 1.54) is 19.2 Å². The van der Waals surface area contributed by atoms with Gasteiger partial charge in [-0.25, -0.2) is 4.68 Å². The third kappa shape index (κ3) is 3.59. The smallest absolute Gasteiger partial charge is 0.298 e. The maximum Gasteiger partial charge on any atom is 0.298 e. The molecule has 4 atom stereocenters. The minimum Gasteiger partial charge on any atom is -0.497 e. The molecule has 3 heterocycles. The van der Waals surface area contributed by atoms with Crippen LogP contribution in [-0.2, 0) is 11.5 Å². The van der Waals surface area contributed by atoms with Crippen molar-refractivity contribution in [1.29, 1.82) is 0 Å². The number of amides is 1. The van der Waals surface area contributed by atoms with Gasteiger partial charge in [0.05, 0.1) is 13.7 Å². The minimum absolute atomic E-state index is 0.103. The summed E-state index contributed by atoms with van der Waals surface area (Å²) in [6, 6.07) is 6.25. The second-order valence-corrected chi connectivity index (χ2v) is 6.94. The average Bonchev–Trinajstić information content (AvgIpc) is 3.31. The van der Waals surface area contributed by atoms with E-state index in [1.807, 2.05) is 0 Å². The molecule has 1 aliphatic rings. The fraction of sp³-hybridized carbons (Fsp3) is 0.389. The Balaban J connectivity index is 1.70. The van der Waals surface area contributed by atoms with Crippen molar-refractivity contribution in [3.63, 3.8) is 0 Å². The van der Waals surface area contributed by atoms with Gasteiger partial charge in [-0.2, -0.15) is 4.68 Å². The minimum atomic E-state index is -1.56. The highest BCUT2D eigenvalue weighted by atomic mass is 16.6. The van der Waals surface area contributed by atoms with Crippen LogP contribution in [0.3, 0.4) is 0 Å². The lowest BCUT2D eigenvalue weighted by molar-refractivity contribution is -0.0619. The van der Waals surface area contributed by atoms with Crippen LogP contribution in [0.5, 0.6) is 5.75 Å². The number of nitrogens with zero attached hydrogens (tertiary/aromatic N) is 5. The quantitative estimate of drug-likeness (QED) is 0.275. The van der Waals surface area contributed by atoms with Crippen molar-refractivity contribution in [2.24, 2.45) is 0 Å². The Hall–Kier alpha value is -3.43. The number of nitrogens with one attached hydrogen (secondary N) is 1. The number of anilines is 1.